The second-order valence-corrected chi connectivity index (χ2v) is 7.10. The molecule has 1 aromatic rings. The molecule has 4 heterocycles. The van der Waals surface area contributed by atoms with Gasteiger partial charge in [0.2, 0.25) is 5.95 Å². The largest absolute Gasteiger partial charge is 0.339 e. The SMILES string of the molecule is c1n[nH]c(N2CCN(C[C@@H]3CCCN4CCCC[C@H]34)CC2)n1. The molecule has 0 spiro atoms. The third-order valence-electron chi connectivity index (χ3n) is 5.80. The van der Waals surface area contributed by atoms with E-state index in [-0.39, 0.29) is 0 Å². The van der Waals surface area contributed by atoms with Crippen LogP contribution in [-0.4, -0.2) is 76.8 Å². The molecule has 22 heavy (non-hydrogen) atoms. The topological polar surface area (TPSA) is 51.3 Å². The zero-order valence-electron chi connectivity index (χ0n) is 13.5. The maximum atomic E-state index is 4.27. The van der Waals surface area contributed by atoms with E-state index in [0.29, 0.717) is 0 Å². The number of anilines is 1. The summed E-state index contributed by atoms with van der Waals surface area (Å²) in [6.07, 6.45) is 8.72. The number of piperazine rings is 1. The molecule has 3 aliphatic rings. The Labute approximate surface area is 132 Å². The molecule has 6 nitrogen and oxygen atoms in total. The van der Waals surface area contributed by atoms with E-state index < -0.39 is 0 Å². The van der Waals surface area contributed by atoms with Crippen LogP contribution in [0.4, 0.5) is 5.95 Å². The van der Waals surface area contributed by atoms with Crippen molar-refractivity contribution in [1.82, 2.24) is 25.0 Å². The van der Waals surface area contributed by atoms with E-state index in [0.717, 1.165) is 44.1 Å². The highest BCUT2D eigenvalue weighted by Gasteiger charge is 2.34. The van der Waals surface area contributed by atoms with Gasteiger partial charge in [0.15, 0.2) is 0 Å². The molecule has 3 aliphatic heterocycles. The zero-order valence-corrected chi connectivity index (χ0v) is 13.5. The van der Waals surface area contributed by atoms with Crippen LogP contribution in [-0.2, 0) is 0 Å². The highest BCUT2D eigenvalue weighted by Crippen LogP contribution is 2.31. The van der Waals surface area contributed by atoms with Gasteiger partial charge in [0.1, 0.15) is 6.33 Å². The summed E-state index contributed by atoms with van der Waals surface area (Å²) in [6, 6.07) is 0.870. The van der Waals surface area contributed by atoms with Crippen LogP contribution in [0.25, 0.3) is 0 Å². The number of hydrogen-bond donors (Lipinski definition) is 1. The fraction of sp³-hybridized carbons (Fsp3) is 0.875. The predicted octanol–water partition coefficient (Wildman–Crippen LogP) is 1.19. The van der Waals surface area contributed by atoms with Gasteiger partial charge in [0, 0.05) is 38.8 Å². The molecule has 3 saturated heterocycles. The van der Waals surface area contributed by atoms with Crippen molar-refractivity contribution in [2.24, 2.45) is 5.92 Å². The van der Waals surface area contributed by atoms with Gasteiger partial charge in [-0.25, -0.2) is 5.10 Å². The molecule has 0 bridgehead atoms. The minimum absolute atomic E-state index is 0.870. The van der Waals surface area contributed by atoms with Crippen LogP contribution in [0.5, 0.6) is 0 Å². The fourth-order valence-electron chi connectivity index (χ4n) is 4.62. The number of nitrogens with zero attached hydrogens (tertiary/aromatic N) is 5. The molecule has 0 unspecified atom stereocenters. The Balaban J connectivity index is 1.30. The molecular weight excluding hydrogens is 276 g/mol. The van der Waals surface area contributed by atoms with Gasteiger partial charge < -0.3 is 9.80 Å². The van der Waals surface area contributed by atoms with Crippen LogP contribution in [0.3, 0.4) is 0 Å². The van der Waals surface area contributed by atoms with E-state index in [2.05, 4.69) is 29.9 Å². The van der Waals surface area contributed by atoms with Crippen molar-refractivity contribution in [3.8, 4) is 0 Å². The number of rotatable bonds is 3. The Hall–Kier alpha value is -1.14. The first-order chi connectivity index (χ1) is 10.9. The van der Waals surface area contributed by atoms with E-state index in [9.17, 15) is 0 Å². The summed E-state index contributed by atoms with van der Waals surface area (Å²) in [5.74, 6) is 1.82. The van der Waals surface area contributed by atoms with Crippen LogP contribution in [0.2, 0.25) is 0 Å². The van der Waals surface area contributed by atoms with Crippen molar-refractivity contribution in [1.29, 1.82) is 0 Å². The minimum atomic E-state index is 0.870. The van der Waals surface area contributed by atoms with Gasteiger partial charge in [-0.1, -0.05) is 6.42 Å². The summed E-state index contributed by atoms with van der Waals surface area (Å²) in [5, 5.41) is 6.94. The standard InChI is InChI=1S/C16H28N6/c1-2-6-21-7-3-4-14(15(21)5-1)12-20-8-10-22(11-9-20)16-17-13-18-19-16/h13-15H,1-12H2,(H,17,18,19)/t14-,15+/m0/s1. The van der Waals surface area contributed by atoms with Crippen LogP contribution in [0, 0.1) is 5.92 Å². The molecule has 0 aromatic carbocycles. The van der Waals surface area contributed by atoms with Crippen LogP contribution in [0.15, 0.2) is 6.33 Å². The first-order valence-corrected chi connectivity index (χ1v) is 8.97. The second-order valence-electron chi connectivity index (χ2n) is 7.10. The summed E-state index contributed by atoms with van der Waals surface area (Å²) in [5.41, 5.74) is 0. The lowest BCUT2D eigenvalue weighted by Crippen LogP contribution is -2.54. The number of hydrogen-bond acceptors (Lipinski definition) is 5. The Kier molecular flexibility index (Phi) is 4.30. The van der Waals surface area contributed by atoms with Gasteiger partial charge in [-0.05, 0) is 44.7 Å². The molecule has 2 atom stereocenters. The summed E-state index contributed by atoms with van der Waals surface area (Å²) in [6.45, 7) is 8.44. The molecule has 6 heteroatoms. The van der Waals surface area contributed by atoms with Crippen LogP contribution in [0.1, 0.15) is 32.1 Å². The van der Waals surface area contributed by atoms with Crippen LogP contribution >= 0.6 is 0 Å². The Morgan fingerprint density at radius 2 is 1.86 bits per heavy atom. The number of nitrogens with one attached hydrogen (secondary N) is 1. The summed E-state index contributed by atoms with van der Waals surface area (Å²) in [4.78, 5) is 12.0. The van der Waals surface area contributed by atoms with Gasteiger partial charge in [-0.2, -0.15) is 10.1 Å². The fourth-order valence-corrected chi connectivity index (χ4v) is 4.62. The Morgan fingerprint density at radius 3 is 2.68 bits per heavy atom. The van der Waals surface area contributed by atoms with Crippen molar-refractivity contribution in [2.45, 2.75) is 38.1 Å². The summed E-state index contributed by atoms with van der Waals surface area (Å²) >= 11 is 0. The first kappa shape index (κ1) is 14.5. The number of fused-ring (bicyclic) bond motifs is 1. The molecular formula is C16H28N6. The van der Waals surface area contributed by atoms with Crippen molar-refractivity contribution in [3.05, 3.63) is 6.33 Å². The molecule has 4 rings (SSSR count). The van der Waals surface area contributed by atoms with E-state index in [4.69, 9.17) is 0 Å². The maximum absolute atomic E-state index is 4.27. The van der Waals surface area contributed by atoms with Crippen LogP contribution < -0.4 is 4.90 Å². The van der Waals surface area contributed by atoms with Gasteiger partial charge in [-0.3, -0.25) is 4.90 Å². The average molecular weight is 304 g/mol. The van der Waals surface area contributed by atoms with E-state index in [1.165, 1.54) is 51.7 Å². The van der Waals surface area contributed by atoms with Crippen molar-refractivity contribution in [3.63, 3.8) is 0 Å². The highest BCUT2D eigenvalue weighted by atomic mass is 15.4. The molecule has 122 valence electrons. The third-order valence-corrected chi connectivity index (χ3v) is 5.80. The lowest BCUT2D eigenvalue weighted by atomic mass is 9.83. The minimum Gasteiger partial charge on any atom is -0.339 e. The summed E-state index contributed by atoms with van der Waals surface area (Å²) < 4.78 is 0. The number of aromatic nitrogens is 3. The normalized spacial score (nSPS) is 31.2. The van der Waals surface area contributed by atoms with E-state index in [1.807, 2.05) is 0 Å². The molecule has 0 amide bonds. The number of piperidine rings is 2. The quantitative estimate of drug-likeness (QED) is 0.909. The van der Waals surface area contributed by atoms with Gasteiger partial charge in [-0.15, -0.1) is 0 Å². The molecule has 1 N–H and O–H groups in total. The maximum Gasteiger partial charge on any atom is 0.221 e. The van der Waals surface area contributed by atoms with E-state index in [1.54, 1.807) is 6.33 Å². The lowest BCUT2D eigenvalue weighted by Gasteiger charge is -2.46. The average Bonchev–Trinajstić information content (AvgIpc) is 3.10. The lowest BCUT2D eigenvalue weighted by molar-refractivity contribution is 0.0394. The van der Waals surface area contributed by atoms with Gasteiger partial charge >= 0.3 is 0 Å². The van der Waals surface area contributed by atoms with Gasteiger partial charge in [0.25, 0.3) is 0 Å². The Morgan fingerprint density at radius 1 is 1.00 bits per heavy atom. The molecule has 0 aliphatic carbocycles. The predicted molar refractivity (Wildman–Crippen MR) is 87.0 cm³/mol. The highest BCUT2D eigenvalue weighted by molar-refractivity contribution is 5.27. The zero-order chi connectivity index (χ0) is 14.8. The monoisotopic (exact) mass is 304 g/mol. The van der Waals surface area contributed by atoms with Crippen molar-refractivity contribution in [2.75, 3.05) is 50.7 Å². The van der Waals surface area contributed by atoms with E-state index >= 15 is 0 Å². The van der Waals surface area contributed by atoms with Gasteiger partial charge in [0.05, 0.1) is 0 Å². The number of aromatic amines is 1. The molecule has 0 saturated carbocycles. The molecule has 0 radical (unpaired) electrons. The third kappa shape index (κ3) is 2.99. The Bertz CT molecular complexity index is 451. The molecule has 3 fully saturated rings. The first-order valence-electron chi connectivity index (χ1n) is 8.97. The second kappa shape index (κ2) is 6.54. The van der Waals surface area contributed by atoms with Crippen molar-refractivity contribution >= 4 is 5.95 Å². The number of H-pyrrole nitrogens is 1. The smallest absolute Gasteiger partial charge is 0.221 e. The van der Waals surface area contributed by atoms with Crippen molar-refractivity contribution < 1.29 is 0 Å². The summed E-state index contributed by atoms with van der Waals surface area (Å²) in [7, 11) is 0. The molecule has 1 aromatic heterocycles.